The van der Waals surface area contributed by atoms with Gasteiger partial charge in [-0.15, -0.1) is 0 Å². The normalized spacial score (nSPS) is 21.1. The van der Waals surface area contributed by atoms with Gasteiger partial charge in [0.1, 0.15) is 0 Å². The lowest BCUT2D eigenvalue weighted by atomic mass is 9.97. The fourth-order valence-corrected chi connectivity index (χ4v) is 3.16. The van der Waals surface area contributed by atoms with Crippen molar-refractivity contribution in [2.24, 2.45) is 0 Å². The molecule has 1 fully saturated rings. The molecule has 0 spiro atoms. The minimum absolute atomic E-state index is 0.166. The second-order valence-electron chi connectivity index (χ2n) is 5.16. The molecular formula is C12H21N3OS. The Morgan fingerprint density at radius 1 is 1.71 bits per heavy atom. The van der Waals surface area contributed by atoms with Crippen molar-refractivity contribution in [3.05, 3.63) is 12.4 Å². The van der Waals surface area contributed by atoms with Crippen LogP contribution in [0.3, 0.4) is 0 Å². The van der Waals surface area contributed by atoms with Crippen molar-refractivity contribution in [3.8, 4) is 0 Å². The molecule has 96 valence electrons. The lowest BCUT2D eigenvalue weighted by Gasteiger charge is -2.31. The number of imidazole rings is 1. The topological polar surface area (TPSA) is 60.9 Å². The van der Waals surface area contributed by atoms with Crippen LogP contribution in [0.2, 0.25) is 0 Å². The van der Waals surface area contributed by atoms with E-state index in [0.717, 1.165) is 11.6 Å². The molecule has 0 aliphatic heterocycles. The van der Waals surface area contributed by atoms with Crippen LogP contribution >= 0.6 is 11.8 Å². The van der Waals surface area contributed by atoms with Gasteiger partial charge in [-0.05, 0) is 26.2 Å². The summed E-state index contributed by atoms with van der Waals surface area (Å²) in [4.78, 5) is 7.30. The number of hydrogen-bond acceptors (Lipinski definition) is 4. The van der Waals surface area contributed by atoms with E-state index >= 15 is 0 Å². The number of rotatable bonds is 7. The number of H-pyrrole nitrogens is 1. The van der Waals surface area contributed by atoms with E-state index in [2.05, 4.69) is 29.1 Å². The van der Waals surface area contributed by atoms with Crippen molar-refractivity contribution in [2.45, 2.75) is 55.1 Å². The predicted molar refractivity (Wildman–Crippen MR) is 70.2 cm³/mol. The number of aromatic nitrogens is 2. The highest BCUT2D eigenvalue weighted by Crippen LogP contribution is 2.29. The molecule has 1 aliphatic rings. The zero-order valence-electron chi connectivity index (χ0n) is 10.4. The average Bonchev–Trinajstić information content (AvgIpc) is 2.92. The van der Waals surface area contributed by atoms with Crippen LogP contribution in [0.1, 0.15) is 33.1 Å². The van der Waals surface area contributed by atoms with Gasteiger partial charge in [0.15, 0.2) is 5.16 Å². The number of aliphatic hydroxyl groups is 1. The van der Waals surface area contributed by atoms with Crippen LogP contribution in [-0.4, -0.2) is 38.5 Å². The van der Waals surface area contributed by atoms with E-state index < -0.39 is 0 Å². The lowest BCUT2D eigenvalue weighted by Crippen LogP contribution is -2.48. The molecule has 1 aromatic rings. The zero-order chi connectivity index (χ0) is 12.3. The van der Waals surface area contributed by atoms with Crippen molar-refractivity contribution in [1.29, 1.82) is 0 Å². The fourth-order valence-electron chi connectivity index (χ4n) is 2.07. The Morgan fingerprint density at radius 2 is 2.47 bits per heavy atom. The minimum atomic E-state index is -0.166. The summed E-state index contributed by atoms with van der Waals surface area (Å²) in [5, 5.41) is 14.4. The van der Waals surface area contributed by atoms with E-state index in [1.165, 1.54) is 12.8 Å². The molecule has 3 N–H and O–H groups in total. The molecule has 4 nitrogen and oxygen atoms in total. The van der Waals surface area contributed by atoms with E-state index in [-0.39, 0.29) is 12.1 Å². The second-order valence-corrected chi connectivity index (χ2v) is 6.59. The molecule has 1 heterocycles. The van der Waals surface area contributed by atoms with E-state index in [9.17, 15) is 5.11 Å². The molecule has 0 saturated heterocycles. The van der Waals surface area contributed by atoms with Gasteiger partial charge in [0.25, 0.3) is 0 Å². The van der Waals surface area contributed by atoms with Crippen molar-refractivity contribution in [1.82, 2.24) is 15.3 Å². The van der Waals surface area contributed by atoms with E-state index in [1.807, 2.05) is 6.20 Å². The first-order valence-corrected chi connectivity index (χ1v) is 7.04. The van der Waals surface area contributed by atoms with Crippen molar-refractivity contribution in [2.75, 3.05) is 6.61 Å². The van der Waals surface area contributed by atoms with Crippen LogP contribution in [-0.2, 0) is 0 Å². The first-order chi connectivity index (χ1) is 8.11. The molecule has 0 radical (unpaired) electrons. The highest BCUT2D eigenvalue weighted by Gasteiger charge is 2.33. The Kier molecular flexibility index (Phi) is 4.12. The molecule has 0 bridgehead atoms. The SMILES string of the molecule is CC(CC(C)(CO)NC1CC1)Sc1ncc[nH]1. The molecule has 1 saturated carbocycles. The number of nitrogens with one attached hydrogen (secondary N) is 2. The molecule has 17 heavy (non-hydrogen) atoms. The van der Waals surface area contributed by atoms with Gasteiger partial charge in [0.05, 0.1) is 6.61 Å². The molecule has 0 amide bonds. The second kappa shape index (κ2) is 5.42. The highest BCUT2D eigenvalue weighted by atomic mass is 32.2. The molecule has 2 rings (SSSR count). The third-order valence-corrected chi connectivity index (χ3v) is 4.02. The quantitative estimate of drug-likeness (QED) is 0.650. The Labute approximate surface area is 107 Å². The molecule has 0 aromatic carbocycles. The zero-order valence-corrected chi connectivity index (χ0v) is 11.3. The van der Waals surface area contributed by atoms with Crippen LogP contribution < -0.4 is 5.32 Å². The summed E-state index contributed by atoms with van der Waals surface area (Å²) in [7, 11) is 0. The van der Waals surface area contributed by atoms with Crippen LogP contribution in [0.15, 0.2) is 17.6 Å². The third-order valence-electron chi connectivity index (χ3n) is 3.00. The van der Waals surface area contributed by atoms with Crippen LogP contribution in [0.25, 0.3) is 0 Å². The van der Waals surface area contributed by atoms with E-state index in [1.54, 1.807) is 18.0 Å². The maximum Gasteiger partial charge on any atom is 0.165 e. The van der Waals surface area contributed by atoms with Gasteiger partial charge in [0, 0.05) is 29.2 Å². The van der Waals surface area contributed by atoms with Crippen molar-refractivity contribution < 1.29 is 5.11 Å². The largest absolute Gasteiger partial charge is 0.394 e. The number of thioether (sulfide) groups is 1. The molecule has 2 unspecified atom stereocenters. The molecule has 5 heteroatoms. The maximum atomic E-state index is 9.54. The van der Waals surface area contributed by atoms with Gasteiger partial charge in [-0.25, -0.2) is 4.98 Å². The fraction of sp³-hybridized carbons (Fsp3) is 0.750. The number of nitrogens with zero attached hydrogens (tertiary/aromatic N) is 1. The number of aromatic amines is 1. The summed E-state index contributed by atoms with van der Waals surface area (Å²) in [6.45, 7) is 4.47. The Balaban J connectivity index is 1.84. The Hall–Kier alpha value is -0.520. The van der Waals surface area contributed by atoms with E-state index in [4.69, 9.17) is 0 Å². The molecular weight excluding hydrogens is 234 g/mol. The summed E-state index contributed by atoms with van der Waals surface area (Å²) in [6.07, 6.45) is 7.03. The number of hydrogen-bond donors (Lipinski definition) is 3. The molecule has 2 atom stereocenters. The van der Waals surface area contributed by atoms with Gasteiger partial charge in [0.2, 0.25) is 0 Å². The van der Waals surface area contributed by atoms with Gasteiger partial charge in [-0.1, -0.05) is 18.7 Å². The number of aliphatic hydroxyl groups excluding tert-OH is 1. The van der Waals surface area contributed by atoms with Crippen LogP contribution in [0, 0.1) is 0 Å². The lowest BCUT2D eigenvalue weighted by molar-refractivity contribution is 0.164. The summed E-state index contributed by atoms with van der Waals surface area (Å²) >= 11 is 1.72. The van der Waals surface area contributed by atoms with E-state index in [0.29, 0.717) is 11.3 Å². The van der Waals surface area contributed by atoms with Crippen molar-refractivity contribution >= 4 is 11.8 Å². The highest BCUT2D eigenvalue weighted by molar-refractivity contribution is 7.99. The Morgan fingerprint density at radius 3 is 3.00 bits per heavy atom. The summed E-state index contributed by atoms with van der Waals surface area (Å²) in [5.41, 5.74) is -0.166. The minimum Gasteiger partial charge on any atom is -0.394 e. The van der Waals surface area contributed by atoms with Crippen LogP contribution in [0.4, 0.5) is 0 Å². The van der Waals surface area contributed by atoms with Gasteiger partial charge < -0.3 is 15.4 Å². The first-order valence-electron chi connectivity index (χ1n) is 6.16. The van der Waals surface area contributed by atoms with Crippen LogP contribution in [0.5, 0.6) is 0 Å². The monoisotopic (exact) mass is 255 g/mol. The third kappa shape index (κ3) is 4.01. The smallest absolute Gasteiger partial charge is 0.165 e. The summed E-state index contributed by atoms with van der Waals surface area (Å²) in [5.74, 6) is 0. The predicted octanol–water partition coefficient (Wildman–Crippen LogP) is 1.78. The summed E-state index contributed by atoms with van der Waals surface area (Å²) < 4.78 is 0. The summed E-state index contributed by atoms with van der Waals surface area (Å²) in [6, 6.07) is 0.618. The first kappa shape index (κ1) is 12.9. The average molecular weight is 255 g/mol. The Bertz CT molecular complexity index is 340. The van der Waals surface area contributed by atoms with Gasteiger partial charge in [-0.2, -0.15) is 0 Å². The van der Waals surface area contributed by atoms with Crippen molar-refractivity contribution in [3.63, 3.8) is 0 Å². The molecule has 1 aliphatic carbocycles. The maximum absolute atomic E-state index is 9.54. The van der Waals surface area contributed by atoms with Gasteiger partial charge >= 0.3 is 0 Å². The standard InChI is InChI=1S/C12H21N3OS/c1-9(17-11-13-5-6-14-11)7-12(2,8-16)15-10-3-4-10/h5-6,9-10,15-16H,3-4,7-8H2,1-2H3,(H,13,14). The molecule has 1 aromatic heterocycles. The van der Waals surface area contributed by atoms with Gasteiger partial charge in [-0.3, -0.25) is 0 Å².